The molecule has 2 aliphatic rings. The van der Waals surface area contributed by atoms with E-state index in [9.17, 15) is 14.3 Å². The largest absolute Gasteiger partial charge is 0.272 e. The number of nitrogens with zero attached hydrogens (tertiary/aromatic N) is 1. The zero-order chi connectivity index (χ0) is 14.3. The van der Waals surface area contributed by atoms with Crippen LogP contribution in [-0.4, -0.2) is 19.6 Å². The van der Waals surface area contributed by atoms with Crippen LogP contribution in [0.15, 0.2) is 24.3 Å². The van der Waals surface area contributed by atoms with Gasteiger partial charge in [-0.15, -0.1) is 0 Å². The molecule has 0 amide bonds. The second-order valence-corrected chi connectivity index (χ2v) is 7.50. The van der Waals surface area contributed by atoms with Crippen LogP contribution in [0.1, 0.15) is 36.8 Å². The summed E-state index contributed by atoms with van der Waals surface area (Å²) in [5.41, 5.74) is 2.89. The maximum absolute atomic E-state index is 12.2. The van der Waals surface area contributed by atoms with Crippen LogP contribution < -0.4 is 0 Å². The second-order valence-electron chi connectivity index (χ2n) is 5.57. The van der Waals surface area contributed by atoms with E-state index in [0.717, 1.165) is 36.8 Å². The van der Waals surface area contributed by atoms with Gasteiger partial charge in [0.05, 0.1) is 10.2 Å². The van der Waals surface area contributed by atoms with Crippen molar-refractivity contribution in [2.75, 3.05) is 0 Å². The highest BCUT2D eigenvalue weighted by Crippen LogP contribution is 2.38. The van der Waals surface area contributed by atoms with Crippen LogP contribution in [0.4, 0.5) is 5.69 Å². The van der Waals surface area contributed by atoms with Crippen molar-refractivity contribution >= 4 is 22.1 Å². The molecule has 2 aliphatic heterocycles. The number of aryl methyl sites for hydroxylation is 1. The molecular weight excluding hydrogens is 274 g/mol. The molecule has 4 nitrogen and oxygen atoms in total. The summed E-state index contributed by atoms with van der Waals surface area (Å²) in [7, 11) is -0.759. The third-order valence-electron chi connectivity index (χ3n) is 4.25. The fourth-order valence-corrected chi connectivity index (χ4v) is 5.05. The quantitative estimate of drug-likeness (QED) is 0.620. The molecule has 2 heterocycles. The minimum atomic E-state index is -0.759. The normalized spacial score (nSPS) is 28.9. The number of hydrogen-bond acceptors (Lipinski definition) is 3. The predicted molar refractivity (Wildman–Crippen MR) is 80.0 cm³/mol. The summed E-state index contributed by atoms with van der Waals surface area (Å²) in [6.07, 6.45) is 5.98. The number of rotatable bonds is 2. The van der Waals surface area contributed by atoms with Gasteiger partial charge in [-0.3, -0.25) is 14.3 Å². The summed E-state index contributed by atoms with van der Waals surface area (Å²) in [6, 6.07) is 5.40. The summed E-state index contributed by atoms with van der Waals surface area (Å²) in [4.78, 5) is 10.7. The molecule has 0 N–H and O–H groups in total. The number of benzene rings is 1. The van der Waals surface area contributed by atoms with Gasteiger partial charge in [-0.05, 0) is 37.3 Å². The molecule has 0 radical (unpaired) electrons. The second kappa shape index (κ2) is 5.13. The van der Waals surface area contributed by atoms with Crippen molar-refractivity contribution in [2.45, 2.75) is 43.1 Å². The minimum absolute atomic E-state index is 0.137. The number of fused-ring (bicyclic) bond motifs is 2. The average molecular weight is 291 g/mol. The molecule has 3 rings (SSSR count). The first-order chi connectivity index (χ1) is 9.56. The Morgan fingerprint density at radius 1 is 1.35 bits per heavy atom. The van der Waals surface area contributed by atoms with Gasteiger partial charge in [-0.1, -0.05) is 24.6 Å². The SMILES string of the molecule is Cc1ccc(C2=CC3CCCC(C2)S3=O)cc1[N+](=O)[O-]. The molecule has 0 spiro atoms. The summed E-state index contributed by atoms with van der Waals surface area (Å²) >= 11 is 0. The molecule has 1 saturated heterocycles. The van der Waals surface area contributed by atoms with Crippen LogP contribution in [0, 0.1) is 17.0 Å². The first-order valence-corrected chi connectivity index (χ1v) is 8.19. The summed E-state index contributed by atoms with van der Waals surface area (Å²) < 4.78 is 12.2. The molecule has 0 aliphatic carbocycles. The summed E-state index contributed by atoms with van der Waals surface area (Å²) in [5.74, 6) is 0. The fourth-order valence-electron chi connectivity index (χ4n) is 3.12. The zero-order valence-corrected chi connectivity index (χ0v) is 12.2. The molecule has 20 heavy (non-hydrogen) atoms. The summed E-state index contributed by atoms with van der Waals surface area (Å²) in [6.45, 7) is 1.75. The molecule has 5 heteroatoms. The van der Waals surface area contributed by atoms with Crippen LogP contribution >= 0.6 is 0 Å². The first kappa shape index (κ1) is 13.5. The Hall–Kier alpha value is -1.49. The van der Waals surface area contributed by atoms with E-state index in [0.29, 0.717) is 5.56 Å². The molecule has 3 atom stereocenters. The lowest BCUT2D eigenvalue weighted by molar-refractivity contribution is -0.385. The van der Waals surface area contributed by atoms with Gasteiger partial charge in [-0.2, -0.15) is 0 Å². The molecule has 1 fully saturated rings. The van der Waals surface area contributed by atoms with Crippen molar-refractivity contribution in [1.29, 1.82) is 0 Å². The molecule has 106 valence electrons. The van der Waals surface area contributed by atoms with Gasteiger partial charge in [0, 0.05) is 27.7 Å². The van der Waals surface area contributed by atoms with Gasteiger partial charge in [0.25, 0.3) is 5.69 Å². The van der Waals surface area contributed by atoms with E-state index in [-0.39, 0.29) is 21.1 Å². The van der Waals surface area contributed by atoms with E-state index in [1.165, 1.54) is 0 Å². The van der Waals surface area contributed by atoms with E-state index in [2.05, 4.69) is 6.08 Å². The van der Waals surface area contributed by atoms with Gasteiger partial charge in [0.15, 0.2) is 0 Å². The Kier molecular flexibility index (Phi) is 3.46. The monoisotopic (exact) mass is 291 g/mol. The Labute approximate surface area is 120 Å². The lowest BCUT2D eigenvalue weighted by atomic mass is 9.92. The topological polar surface area (TPSA) is 60.2 Å². The highest BCUT2D eigenvalue weighted by atomic mass is 32.2. The molecular formula is C15H17NO3S. The average Bonchev–Trinajstić information content (AvgIpc) is 2.38. The Morgan fingerprint density at radius 2 is 2.15 bits per heavy atom. The van der Waals surface area contributed by atoms with Crippen LogP contribution in [-0.2, 0) is 10.8 Å². The van der Waals surface area contributed by atoms with Crippen LogP contribution in [0.3, 0.4) is 0 Å². The highest BCUT2D eigenvalue weighted by molar-refractivity contribution is 7.86. The van der Waals surface area contributed by atoms with Gasteiger partial charge < -0.3 is 0 Å². The predicted octanol–water partition coefficient (Wildman–Crippen LogP) is 3.36. The number of hydrogen-bond donors (Lipinski definition) is 0. The number of allylic oxidation sites excluding steroid dienone is 1. The lowest BCUT2D eigenvalue weighted by Crippen LogP contribution is -2.33. The molecule has 0 saturated carbocycles. The zero-order valence-electron chi connectivity index (χ0n) is 11.4. The Bertz CT molecular complexity index is 624. The maximum Gasteiger partial charge on any atom is 0.272 e. The fraction of sp³-hybridized carbons (Fsp3) is 0.467. The van der Waals surface area contributed by atoms with Crippen LogP contribution in [0.25, 0.3) is 5.57 Å². The molecule has 0 aromatic heterocycles. The minimum Gasteiger partial charge on any atom is -0.259 e. The van der Waals surface area contributed by atoms with Crippen molar-refractivity contribution < 1.29 is 9.13 Å². The Balaban J connectivity index is 1.99. The Morgan fingerprint density at radius 3 is 2.85 bits per heavy atom. The number of nitro groups is 1. The smallest absolute Gasteiger partial charge is 0.259 e. The van der Waals surface area contributed by atoms with Gasteiger partial charge in [-0.25, -0.2) is 0 Å². The van der Waals surface area contributed by atoms with Crippen LogP contribution in [0.2, 0.25) is 0 Å². The van der Waals surface area contributed by atoms with E-state index in [1.54, 1.807) is 19.1 Å². The standard InChI is InChI=1S/C15H17NO3S/c1-10-5-6-11(9-15(10)16(17)18)12-7-13-3-2-4-14(8-12)20(13)19/h5-7,9,13-14H,2-4,8H2,1H3. The molecule has 2 bridgehead atoms. The lowest BCUT2D eigenvalue weighted by Gasteiger charge is -2.32. The van der Waals surface area contributed by atoms with Crippen molar-refractivity contribution in [2.24, 2.45) is 0 Å². The van der Waals surface area contributed by atoms with Crippen molar-refractivity contribution in [1.82, 2.24) is 0 Å². The highest BCUT2D eigenvalue weighted by Gasteiger charge is 2.33. The first-order valence-electron chi connectivity index (χ1n) is 6.92. The van der Waals surface area contributed by atoms with Gasteiger partial charge >= 0.3 is 0 Å². The van der Waals surface area contributed by atoms with Gasteiger partial charge in [0.1, 0.15) is 0 Å². The third-order valence-corrected chi connectivity index (χ3v) is 6.28. The third kappa shape index (κ3) is 2.30. The van der Waals surface area contributed by atoms with Crippen molar-refractivity contribution in [3.8, 4) is 0 Å². The molecule has 3 unspecified atom stereocenters. The van der Waals surface area contributed by atoms with Crippen molar-refractivity contribution in [3.63, 3.8) is 0 Å². The van der Waals surface area contributed by atoms with E-state index >= 15 is 0 Å². The maximum atomic E-state index is 12.2. The van der Waals surface area contributed by atoms with Crippen molar-refractivity contribution in [3.05, 3.63) is 45.5 Å². The molecule has 1 aromatic rings. The van der Waals surface area contributed by atoms with E-state index < -0.39 is 10.8 Å². The van der Waals surface area contributed by atoms with Gasteiger partial charge in [0.2, 0.25) is 0 Å². The summed E-state index contributed by atoms with van der Waals surface area (Å²) in [5, 5.41) is 11.4. The van der Waals surface area contributed by atoms with Crippen LogP contribution in [0.5, 0.6) is 0 Å². The molecule has 1 aromatic carbocycles. The van der Waals surface area contributed by atoms with E-state index in [1.807, 2.05) is 6.07 Å². The van der Waals surface area contributed by atoms with E-state index in [4.69, 9.17) is 0 Å². The number of nitro benzene ring substituents is 1.